The molecule has 4 heterocycles. The third kappa shape index (κ3) is 8.67. The fourth-order valence-corrected chi connectivity index (χ4v) is 7.70. The maximum atomic E-state index is 15.0. The van der Waals surface area contributed by atoms with E-state index in [2.05, 4.69) is 32.4 Å². The number of nitrogens with zero attached hydrogens (tertiary/aromatic N) is 5. The van der Waals surface area contributed by atoms with Crippen LogP contribution in [0.3, 0.4) is 0 Å². The molecule has 6 rings (SSSR count). The summed E-state index contributed by atoms with van der Waals surface area (Å²) in [5, 5.41) is 4.09. The molecule has 0 bridgehead atoms. The van der Waals surface area contributed by atoms with Gasteiger partial charge in [-0.1, -0.05) is 43.6 Å². The zero-order valence-electron chi connectivity index (χ0n) is 29.7. The first-order valence-corrected chi connectivity index (χ1v) is 18.9. The van der Waals surface area contributed by atoms with E-state index >= 15 is 4.39 Å². The van der Waals surface area contributed by atoms with Crippen molar-refractivity contribution >= 4 is 22.0 Å². The Kier molecular flexibility index (Phi) is 11.2. The van der Waals surface area contributed by atoms with Crippen molar-refractivity contribution in [3.8, 4) is 5.75 Å². The molecule has 11 nitrogen and oxygen atoms in total. The number of ether oxygens (including phenoxy) is 1. The Bertz CT molecular complexity index is 1900. The van der Waals surface area contributed by atoms with Crippen molar-refractivity contribution in [2.75, 3.05) is 42.6 Å². The predicted molar refractivity (Wildman–Crippen MR) is 189 cm³/mol. The summed E-state index contributed by atoms with van der Waals surface area (Å²) in [5.74, 6) is 1.48. The fourth-order valence-electron chi connectivity index (χ4n) is 6.89. The average Bonchev–Trinajstić information content (AvgIpc) is 3.77. The summed E-state index contributed by atoms with van der Waals surface area (Å²) < 4.78 is 72.1. The third-order valence-corrected chi connectivity index (χ3v) is 11.2. The van der Waals surface area contributed by atoms with Gasteiger partial charge in [0.05, 0.1) is 23.7 Å². The number of aryl methyl sites for hydroxylation is 2. The van der Waals surface area contributed by atoms with Gasteiger partial charge in [-0.05, 0) is 92.5 Å². The van der Waals surface area contributed by atoms with Gasteiger partial charge in [0.25, 0.3) is 0 Å². The Morgan fingerprint density at radius 2 is 1.75 bits per heavy atom. The van der Waals surface area contributed by atoms with E-state index in [0.717, 1.165) is 67.5 Å². The monoisotopic (exact) mass is 724 g/mol. The molecule has 2 saturated heterocycles. The molecule has 14 heteroatoms. The molecule has 1 N–H and O–H groups in total. The number of piperidine rings is 1. The summed E-state index contributed by atoms with van der Waals surface area (Å²) >= 11 is 0. The number of aromatic nitrogens is 3. The Labute approximate surface area is 298 Å². The maximum absolute atomic E-state index is 15.0. The van der Waals surface area contributed by atoms with Crippen molar-refractivity contribution < 1.29 is 30.7 Å². The largest absolute Gasteiger partial charge is 0.492 e. The maximum Gasteiger partial charge on any atom is 0.324 e. The number of benzene rings is 2. The molecule has 3 atom stereocenters. The molecule has 274 valence electrons. The minimum Gasteiger partial charge on any atom is -0.492 e. The number of hydrogen-bond donors (Lipinski definition) is 1. The minimum atomic E-state index is -4.16. The second-order valence-corrected chi connectivity index (χ2v) is 15.6. The van der Waals surface area contributed by atoms with Crippen molar-refractivity contribution in [3.05, 3.63) is 88.9 Å². The Hall–Kier alpha value is -4.14. The van der Waals surface area contributed by atoms with E-state index in [1.54, 1.807) is 18.3 Å². The lowest BCUT2D eigenvalue weighted by Crippen LogP contribution is -2.37. The van der Waals surface area contributed by atoms with Crippen LogP contribution in [0.1, 0.15) is 74.4 Å². The Morgan fingerprint density at radius 3 is 2.43 bits per heavy atom. The molecule has 0 amide bonds. The van der Waals surface area contributed by atoms with Crippen LogP contribution >= 0.6 is 0 Å². The lowest BCUT2D eigenvalue weighted by molar-refractivity contribution is 0.162. The first kappa shape index (κ1) is 36.6. The zero-order chi connectivity index (χ0) is 36.3. The highest BCUT2D eigenvalue weighted by Crippen LogP contribution is 2.35. The van der Waals surface area contributed by atoms with Gasteiger partial charge in [-0.3, -0.25) is 0 Å². The van der Waals surface area contributed by atoms with Crippen LogP contribution in [-0.4, -0.2) is 62.4 Å². The van der Waals surface area contributed by atoms with Crippen LogP contribution in [0.5, 0.6) is 5.75 Å². The molecule has 2 unspecified atom stereocenters. The highest BCUT2D eigenvalue weighted by Gasteiger charge is 2.38. The summed E-state index contributed by atoms with van der Waals surface area (Å²) in [6.07, 6.45) is 4.66. The number of nitrogens with one attached hydrogen (secondary N) is 1. The topological polar surface area (TPSA) is 123 Å². The van der Waals surface area contributed by atoms with Gasteiger partial charge in [0.2, 0.25) is 0 Å². The van der Waals surface area contributed by atoms with Crippen LogP contribution in [-0.2, 0) is 14.4 Å². The van der Waals surface area contributed by atoms with Crippen LogP contribution in [0.15, 0.2) is 64.1 Å². The number of anilines is 2. The average molecular weight is 725 g/mol. The molecule has 2 aromatic carbocycles. The summed E-state index contributed by atoms with van der Waals surface area (Å²) in [5.41, 5.74) is 4.52. The molecule has 2 aliphatic rings. The van der Waals surface area contributed by atoms with Crippen molar-refractivity contribution in [3.63, 3.8) is 0 Å². The number of hydroxylamine groups is 1. The van der Waals surface area contributed by atoms with Gasteiger partial charge in [0, 0.05) is 38.0 Å². The summed E-state index contributed by atoms with van der Waals surface area (Å²) in [6, 6.07) is 11.4. The SMILES string of the molecule is Cc1ccc(S(=O)(=O)ONC2CN(c3ncc(OCC[C@@H](C)C4CCN(c5nc(C(C)C)no5)CC4)cc3C)CC2c2cc(F)ccc2F)cc1. The first-order valence-electron chi connectivity index (χ1n) is 17.5. The lowest BCUT2D eigenvalue weighted by Gasteiger charge is -2.33. The van der Waals surface area contributed by atoms with Gasteiger partial charge in [0.15, 0.2) is 5.82 Å². The summed E-state index contributed by atoms with van der Waals surface area (Å²) in [4.78, 5) is 13.3. The summed E-state index contributed by atoms with van der Waals surface area (Å²) in [6.45, 7) is 12.9. The molecule has 0 spiro atoms. The minimum absolute atomic E-state index is 0.0163. The molecular weight excluding hydrogens is 679 g/mol. The Balaban J connectivity index is 1.06. The molecule has 51 heavy (non-hydrogen) atoms. The molecule has 0 aliphatic carbocycles. The van der Waals surface area contributed by atoms with Crippen LogP contribution in [0, 0.1) is 37.3 Å². The van der Waals surface area contributed by atoms with Crippen LogP contribution in [0.2, 0.25) is 0 Å². The molecular formula is C37H46F2N6O5S. The van der Waals surface area contributed by atoms with Gasteiger partial charge in [-0.25, -0.2) is 13.8 Å². The molecule has 2 fully saturated rings. The molecule has 0 radical (unpaired) electrons. The van der Waals surface area contributed by atoms with Crippen molar-refractivity contribution in [2.24, 2.45) is 11.8 Å². The molecule has 2 aliphatic heterocycles. The predicted octanol–water partition coefficient (Wildman–Crippen LogP) is 6.69. The standard InChI is InChI=1S/C37H46F2N6O5S/c1-23(2)35-41-37(49-43-35)44-15-12-27(13-16-44)25(4)14-17-48-29-18-26(5)36(40-20-29)45-21-32(31-19-28(38)8-11-33(31)39)34(22-45)42-50-51(46,47)30-9-6-24(3)7-10-30/h6-11,18-20,23,25,27,32,34,42H,12-17,21-22H2,1-5H3/t25-,32?,34?/m1/s1. The summed E-state index contributed by atoms with van der Waals surface area (Å²) in [7, 11) is -4.16. The van der Waals surface area contributed by atoms with E-state index in [-0.39, 0.29) is 29.5 Å². The van der Waals surface area contributed by atoms with Gasteiger partial charge < -0.3 is 19.1 Å². The number of hydrogen-bond acceptors (Lipinski definition) is 11. The van der Waals surface area contributed by atoms with Crippen molar-refractivity contribution in [1.82, 2.24) is 20.6 Å². The quantitative estimate of drug-likeness (QED) is 0.149. The van der Waals surface area contributed by atoms with Gasteiger partial charge in [-0.15, -0.1) is 0 Å². The zero-order valence-corrected chi connectivity index (χ0v) is 30.5. The van der Waals surface area contributed by atoms with Crippen LogP contribution < -0.4 is 20.0 Å². The number of rotatable bonds is 13. The highest BCUT2D eigenvalue weighted by molar-refractivity contribution is 7.86. The lowest BCUT2D eigenvalue weighted by atomic mass is 9.84. The van der Waals surface area contributed by atoms with E-state index in [1.807, 2.05) is 38.7 Å². The van der Waals surface area contributed by atoms with E-state index in [4.69, 9.17) is 13.5 Å². The van der Waals surface area contributed by atoms with Gasteiger partial charge >= 0.3 is 16.1 Å². The third-order valence-electron chi connectivity index (χ3n) is 10.0. The van der Waals surface area contributed by atoms with Crippen LogP contribution in [0.25, 0.3) is 0 Å². The van der Waals surface area contributed by atoms with Crippen LogP contribution in [0.4, 0.5) is 20.6 Å². The number of halogens is 2. The Morgan fingerprint density at radius 1 is 1.00 bits per heavy atom. The number of pyridine rings is 1. The second kappa shape index (κ2) is 15.6. The van der Waals surface area contributed by atoms with E-state index in [0.29, 0.717) is 36.0 Å². The molecule has 2 aromatic heterocycles. The second-order valence-electron chi connectivity index (χ2n) is 14.1. The molecule has 4 aromatic rings. The van der Waals surface area contributed by atoms with Gasteiger partial charge in [-0.2, -0.15) is 23.2 Å². The van der Waals surface area contributed by atoms with E-state index in [9.17, 15) is 12.8 Å². The highest BCUT2D eigenvalue weighted by atomic mass is 32.2. The molecule has 0 saturated carbocycles. The first-order chi connectivity index (χ1) is 24.4. The van der Waals surface area contributed by atoms with Gasteiger partial charge in [0.1, 0.15) is 23.2 Å². The normalized spacial score (nSPS) is 19.2. The smallest absolute Gasteiger partial charge is 0.324 e. The van der Waals surface area contributed by atoms with Crippen molar-refractivity contribution in [2.45, 2.75) is 76.7 Å². The van der Waals surface area contributed by atoms with E-state index in [1.165, 1.54) is 12.1 Å². The fraction of sp³-hybridized carbons (Fsp3) is 0.486. The van der Waals surface area contributed by atoms with E-state index < -0.39 is 33.7 Å². The van der Waals surface area contributed by atoms with Crippen molar-refractivity contribution in [1.29, 1.82) is 0 Å².